The third-order valence-corrected chi connectivity index (χ3v) is 3.92. The summed E-state index contributed by atoms with van der Waals surface area (Å²) in [5, 5.41) is 4.31. The standard InChI is InChI=1S/C14H27FN2O4.C4H10FN.C2H6/c1-2-14(18)16-5-8-19-9-10-20-11-12-21-13-3-6-17(15)7-4-13;1-3-6(5)4-2;1-2/h13H,2-12H2,1H3,(H,16,18);3-4H2,1-2H3;1-2H3. The van der Waals surface area contributed by atoms with Gasteiger partial charge >= 0.3 is 0 Å². The van der Waals surface area contributed by atoms with Crippen LogP contribution in [0.15, 0.2) is 0 Å². The number of carbonyl (C=O) groups excluding carboxylic acids is 1. The molecule has 0 spiro atoms. The van der Waals surface area contributed by atoms with Gasteiger partial charge in [-0.15, -0.1) is 19.2 Å². The van der Waals surface area contributed by atoms with Gasteiger partial charge in [0.05, 0.1) is 39.1 Å². The number of hydrogen-bond donors (Lipinski definition) is 1. The van der Waals surface area contributed by atoms with Gasteiger partial charge in [0.25, 0.3) is 0 Å². The maximum Gasteiger partial charge on any atom is 0.219 e. The largest absolute Gasteiger partial charge is 0.377 e. The maximum atomic E-state index is 12.8. The maximum absolute atomic E-state index is 12.8. The molecule has 7 nitrogen and oxygen atoms in total. The van der Waals surface area contributed by atoms with Crippen LogP contribution in [0.25, 0.3) is 0 Å². The van der Waals surface area contributed by atoms with Crippen LogP contribution in [0.1, 0.15) is 53.9 Å². The Balaban J connectivity index is 0. The van der Waals surface area contributed by atoms with Crippen LogP contribution in [0, 0.1) is 0 Å². The Hall–Kier alpha value is -0.870. The Morgan fingerprint density at radius 1 is 1.00 bits per heavy atom. The highest BCUT2D eigenvalue weighted by Gasteiger charge is 2.18. The first-order chi connectivity index (χ1) is 14.0. The highest BCUT2D eigenvalue weighted by Crippen LogP contribution is 2.13. The summed E-state index contributed by atoms with van der Waals surface area (Å²) in [5.41, 5.74) is 0. The number of halogens is 2. The number of nitrogens with zero attached hydrogens (tertiary/aromatic N) is 2. The molecule has 0 atom stereocenters. The molecule has 176 valence electrons. The van der Waals surface area contributed by atoms with Gasteiger partial charge in [0.15, 0.2) is 0 Å². The third kappa shape index (κ3) is 21.7. The molecule has 0 radical (unpaired) electrons. The van der Waals surface area contributed by atoms with E-state index in [9.17, 15) is 13.8 Å². The SMILES string of the molecule is CC.CCC(=O)NCCOCCOCCOC1CCN(F)CC1.CCN(F)CC. The van der Waals surface area contributed by atoms with Crippen LogP contribution < -0.4 is 5.32 Å². The fourth-order valence-electron chi connectivity index (χ4n) is 2.20. The second-order valence-electron chi connectivity index (χ2n) is 6.00. The predicted molar refractivity (Wildman–Crippen MR) is 112 cm³/mol. The topological polar surface area (TPSA) is 63.3 Å². The van der Waals surface area contributed by atoms with Crippen LogP contribution in [-0.4, -0.2) is 88.0 Å². The van der Waals surface area contributed by atoms with E-state index in [1.807, 2.05) is 20.8 Å². The number of carbonyl (C=O) groups is 1. The lowest BCUT2D eigenvalue weighted by atomic mass is 10.1. The second-order valence-corrected chi connectivity index (χ2v) is 6.00. The minimum Gasteiger partial charge on any atom is -0.377 e. The van der Waals surface area contributed by atoms with Crippen LogP contribution in [0.4, 0.5) is 8.96 Å². The molecule has 0 saturated carbocycles. The van der Waals surface area contributed by atoms with Gasteiger partial charge in [0.1, 0.15) is 0 Å². The minimum atomic E-state index is 0.0330. The number of hydrogen-bond acceptors (Lipinski definition) is 6. The molecule has 1 amide bonds. The molecule has 1 heterocycles. The summed E-state index contributed by atoms with van der Waals surface area (Å²) in [6, 6.07) is 0. The van der Waals surface area contributed by atoms with E-state index < -0.39 is 0 Å². The van der Waals surface area contributed by atoms with E-state index in [-0.39, 0.29) is 12.0 Å². The van der Waals surface area contributed by atoms with E-state index in [4.69, 9.17) is 14.2 Å². The van der Waals surface area contributed by atoms with Crippen molar-refractivity contribution >= 4 is 5.91 Å². The molecule has 1 fully saturated rings. The monoisotopic (exact) mass is 427 g/mol. The lowest BCUT2D eigenvalue weighted by molar-refractivity contribution is -0.121. The molecular formula is C20H43F2N3O4. The molecular weight excluding hydrogens is 384 g/mol. The molecule has 0 aromatic heterocycles. The van der Waals surface area contributed by atoms with Crippen LogP contribution in [0.5, 0.6) is 0 Å². The van der Waals surface area contributed by atoms with E-state index in [2.05, 4.69) is 5.32 Å². The van der Waals surface area contributed by atoms with E-state index >= 15 is 0 Å². The van der Waals surface area contributed by atoms with E-state index in [1.165, 1.54) is 0 Å². The summed E-state index contributed by atoms with van der Waals surface area (Å²) in [7, 11) is 0. The molecule has 0 aromatic carbocycles. The number of ether oxygens (including phenoxy) is 3. The predicted octanol–water partition coefficient (Wildman–Crippen LogP) is 3.15. The van der Waals surface area contributed by atoms with Gasteiger partial charge in [-0.25, -0.2) is 0 Å². The summed E-state index contributed by atoms with van der Waals surface area (Å²) < 4.78 is 40.7. The summed E-state index contributed by atoms with van der Waals surface area (Å²) in [6.45, 7) is 14.4. The zero-order valence-electron chi connectivity index (χ0n) is 19.1. The molecule has 29 heavy (non-hydrogen) atoms. The molecule has 1 rings (SSSR count). The quantitative estimate of drug-likeness (QED) is 0.360. The van der Waals surface area contributed by atoms with Crippen LogP contribution in [0.3, 0.4) is 0 Å². The molecule has 1 aliphatic heterocycles. The molecule has 9 heteroatoms. The van der Waals surface area contributed by atoms with Crippen molar-refractivity contribution in [2.45, 2.75) is 60.0 Å². The molecule has 1 aliphatic rings. The lowest BCUT2D eigenvalue weighted by Gasteiger charge is -2.25. The average molecular weight is 428 g/mol. The minimum absolute atomic E-state index is 0.0330. The van der Waals surface area contributed by atoms with Crippen molar-refractivity contribution in [3.8, 4) is 0 Å². The highest BCUT2D eigenvalue weighted by atomic mass is 19.2. The lowest BCUT2D eigenvalue weighted by Crippen LogP contribution is -2.32. The molecule has 0 aliphatic carbocycles. The fraction of sp³-hybridized carbons (Fsp3) is 0.950. The van der Waals surface area contributed by atoms with Crippen LogP contribution in [0.2, 0.25) is 0 Å². The van der Waals surface area contributed by atoms with Gasteiger partial charge in [-0.05, 0) is 26.7 Å². The molecule has 1 N–H and O–H groups in total. The zero-order valence-corrected chi connectivity index (χ0v) is 19.1. The van der Waals surface area contributed by atoms with Gasteiger partial charge in [0, 0.05) is 39.1 Å². The molecule has 1 saturated heterocycles. The van der Waals surface area contributed by atoms with Crippen molar-refractivity contribution in [1.29, 1.82) is 0 Å². The fourth-order valence-corrected chi connectivity index (χ4v) is 2.20. The van der Waals surface area contributed by atoms with E-state index in [0.717, 1.165) is 23.1 Å². The van der Waals surface area contributed by atoms with Crippen molar-refractivity contribution in [2.75, 3.05) is 65.8 Å². The van der Waals surface area contributed by atoms with Gasteiger partial charge in [0.2, 0.25) is 5.91 Å². The van der Waals surface area contributed by atoms with Crippen molar-refractivity contribution in [3.63, 3.8) is 0 Å². The first-order valence-electron chi connectivity index (χ1n) is 10.9. The van der Waals surface area contributed by atoms with Gasteiger partial charge in [-0.1, -0.05) is 20.8 Å². The average Bonchev–Trinajstić information content (AvgIpc) is 2.77. The van der Waals surface area contributed by atoms with Crippen molar-refractivity contribution in [2.24, 2.45) is 0 Å². The summed E-state index contributed by atoms with van der Waals surface area (Å²) in [4.78, 5) is 10.9. The highest BCUT2D eigenvalue weighted by molar-refractivity contribution is 5.75. The second kappa shape index (κ2) is 23.4. The Labute approximate surface area is 175 Å². The molecule has 0 aromatic rings. The Kier molecular flexibility index (Phi) is 24.5. The van der Waals surface area contributed by atoms with Crippen molar-refractivity contribution in [3.05, 3.63) is 0 Å². The van der Waals surface area contributed by atoms with Crippen LogP contribution in [-0.2, 0) is 19.0 Å². The third-order valence-electron chi connectivity index (χ3n) is 3.92. The van der Waals surface area contributed by atoms with Crippen molar-refractivity contribution in [1.82, 2.24) is 15.6 Å². The summed E-state index contributed by atoms with van der Waals surface area (Å²) in [6.07, 6.45) is 2.12. The summed E-state index contributed by atoms with van der Waals surface area (Å²) >= 11 is 0. The number of rotatable bonds is 13. The smallest absolute Gasteiger partial charge is 0.219 e. The van der Waals surface area contributed by atoms with Gasteiger partial charge in [-0.2, -0.15) is 0 Å². The number of nitrogens with one attached hydrogen (secondary N) is 1. The first-order valence-corrected chi connectivity index (χ1v) is 10.9. The molecule has 0 unspecified atom stereocenters. The van der Waals surface area contributed by atoms with E-state index in [1.54, 1.807) is 13.8 Å². The van der Waals surface area contributed by atoms with Gasteiger partial charge < -0.3 is 19.5 Å². The van der Waals surface area contributed by atoms with Crippen molar-refractivity contribution < 1.29 is 28.0 Å². The molecule has 0 bridgehead atoms. The Morgan fingerprint density at radius 3 is 2.00 bits per heavy atom. The Morgan fingerprint density at radius 2 is 1.52 bits per heavy atom. The van der Waals surface area contributed by atoms with Gasteiger partial charge in [-0.3, -0.25) is 4.79 Å². The zero-order chi connectivity index (χ0) is 22.3. The number of amides is 1. The normalized spacial score (nSPS) is 14.6. The summed E-state index contributed by atoms with van der Waals surface area (Å²) in [5.74, 6) is 0.0330. The Bertz CT molecular complexity index is 344. The van der Waals surface area contributed by atoms with E-state index in [0.29, 0.717) is 72.2 Å². The first kappa shape index (κ1) is 30.3. The number of piperidine rings is 1. The van der Waals surface area contributed by atoms with Crippen LogP contribution >= 0.6 is 0 Å².